The predicted molar refractivity (Wildman–Crippen MR) is 86.6 cm³/mol. The Kier molecular flexibility index (Phi) is 5.37. The van der Waals surface area contributed by atoms with Crippen LogP contribution >= 0.6 is 0 Å². The smallest absolute Gasteiger partial charge is 0.259 e. The van der Waals surface area contributed by atoms with Crippen LogP contribution in [0.3, 0.4) is 0 Å². The van der Waals surface area contributed by atoms with Crippen LogP contribution in [0, 0.1) is 11.3 Å². The highest BCUT2D eigenvalue weighted by Gasteiger charge is 2.08. The number of primary amides is 1. The number of benzene rings is 2. The van der Waals surface area contributed by atoms with E-state index in [0.29, 0.717) is 23.7 Å². The van der Waals surface area contributed by atoms with Gasteiger partial charge in [-0.25, -0.2) is 0 Å². The lowest BCUT2D eigenvalue weighted by Crippen LogP contribution is -2.12. The summed E-state index contributed by atoms with van der Waals surface area (Å²) in [4.78, 5) is 11.1. The average Bonchev–Trinajstić information content (AvgIpc) is 2.58. The molecule has 0 aliphatic heterocycles. The van der Waals surface area contributed by atoms with Gasteiger partial charge in [0.25, 0.3) is 5.91 Å². The Bertz CT molecular complexity index is 762. The Morgan fingerprint density at radius 3 is 2.57 bits per heavy atom. The fourth-order valence-corrected chi connectivity index (χ4v) is 1.96. The van der Waals surface area contributed by atoms with Crippen molar-refractivity contribution in [1.29, 1.82) is 5.26 Å². The molecule has 0 heterocycles. The molecular weight excluding hydrogens is 292 g/mol. The van der Waals surface area contributed by atoms with Crippen molar-refractivity contribution in [3.63, 3.8) is 0 Å². The zero-order valence-electron chi connectivity index (χ0n) is 12.7. The molecule has 1 amide bonds. The van der Waals surface area contributed by atoms with Gasteiger partial charge in [-0.2, -0.15) is 5.26 Å². The summed E-state index contributed by atoms with van der Waals surface area (Å²) < 4.78 is 11.0. The molecule has 0 atom stereocenters. The highest BCUT2D eigenvalue weighted by Crippen LogP contribution is 2.29. The maximum atomic E-state index is 11.1. The van der Waals surface area contributed by atoms with Crippen LogP contribution in [0.2, 0.25) is 0 Å². The molecule has 23 heavy (non-hydrogen) atoms. The number of nitriles is 1. The monoisotopic (exact) mass is 308 g/mol. The molecule has 0 aromatic heterocycles. The molecular formula is C18H16N2O3. The predicted octanol–water partition coefficient (Wildman–Crippen LogP) is 2.67. The number of hydrogen-bond donors (Lipinski definition) is 1. The van der Waals surface area contributed by atoms with E-state index >= 15 is 0 Å². The van der Waals surface area contributed by atoms with E-state index in [2.05, 4.69) is 0 Å². The normalized spacial score (nSPS) is 10.7. The van der Waals surface area contributed by atoms with Gasteiger partial charge in [-0.3, -0.25) is 4.79 Å². The molecule has 0 unspecified atom stereocenters. The molecule has 0 fully saturated rings. The minimum atomic E-state index is -0.768. The number of amides is 1. The number of nitrogens with zero attached hydrogens (tertiary/aromatic N) is 1. The zero-order chi connectivity index (χ0) is 16.7. The van der Waals surface area contributed by atoms with E-state index in [1.165, 1.54) is 6.08 Å². The number of hydrogen-bond acceptors (Lipinski definition) is 4. The van der Waals surface area contributed by atoms with Gasteiger partial charge in [0, 0.05) is 0 Å². The van der Waals surface area contributed by atoms with Gasteiger partial charge >= 0.3 is 0 Å². The number of carbonyl (C=O) groups excluding carboxylic acids is 1. The van der Waals surface area contributed by atoms with Crippen LogP contribution in [0.1, 0.15) is 11.1 Å². The van der Waals surface area contributed by atoms with Gasteiger partial charge in [0.15, 0.2) is 11.5 Å². The lowest BCUT2D eigenvalue weighted by atomic mass is 10.1. The molecule has 0 aliphatic carbocycles. The molecule has 5 nitrogen and oxygen atoms in total. The molecule has 0 radical (unpaired) electrons. The van der Waals surface area contributed by atoms with Gasteiger partial charge in [-0.05, 0) is 29.3 Å². The van der Waals surface area contributed by atoms with Gasteiger partial charge < -0.3 is 15.2 Å². The first-order valence-corrected chi connectivity index (χ1v) is 6.90. The summed E-state index contributed by atoms with van der Waals surface area (Å²) >= 11 is 0. The number of methoxy groups -OCH3 is 1. The van der Waals surface area contributed by atoms with Crippen molar-refractivity contribution in [3.8, 4) is 17.6 Å². The standard InChI is InChI=1S/C18H16N2O3/c1-22-16-8-7-14(9-15(11-19)18(20)21)10-17(16)23-12-13-5-3-2-4-6-13/h2-10H,12H2,1H3,(H2,20,21)/b15-9-. The first-order chi connectivity index (χ1) is 11.1. The van der Waals surface area contributed by atoms with Crippen molar-refractivity contribution in [2.45, 2.75) is 6.61 Å². The van der Waals surface area contributed by atoms with Crippen molar-refractivity contribution < 1.29 is 14.3 Å². The molecule has 0 bridgehead atoms. The maximum absolute atomic E-state index is 11.1. The van der Waals surface area contributed by atoms with Crippen LogP contribution in [0.25, 0.3) is 6.08 Å². The zero-order valence-corrected chi connectivity index (χ0v) is 12.7. The molecule has 0 aliphatic rings. The van der Waals surface area contributed by atoms with E-state index in [9.17, 15) is 4.79 Å². The Balaban J connectivity index is 2.25. The molecule has 0 spiro atoms. The van der Waals surface area contributed by atoms with E-state index < -0.39 is 5.91 Å². The number of nitrogens with two attached hydrogens (primary N) is 1. The maximum Gasteiger partial charge on any atom is 0.259 e. The van der Waals surface area contributed by atoms with Gasteiger partial charge in [0.05, 0.1) is 7.11 Å². The van der Waals surface area contributed by atoms with Gasteiger partial charge in [-0.15, -0.1) is 0 Å². The Morgan fingerprint density at radius 1 is 1.22 bits per heavy atom. The summed E-state index contributed by atoms with van der Waals surface area (Å²) in [5, 5.41) is 8.90. The average molecular weight is 308 g/mol. The topological polar surface area (TPSA) is 85.3 Å². The summed E-state index contributed by atoms with van der Waals surface area (Å²) in [5.74, 6) is 0.317. The fraction of sp³-hybridized carbons (Fsp3) is 0.111. The number of ether oxygens (including phenoxy) is 2. The van der Waals surface area contributed by atoms with Crippen LogP contribution in [-0.2, 0) is 11.4 Å². The van der Waals surface area contributed by atoms with Gasteiger partial charge in [0.1, 0.15) is 18.2 Å². The van der Waals surface area contributed by atoms with E-state index in [1.54, 1.807) is 31.4 Å². The summed E-state index contributed by atoms with van der Waals surface area (Å²) in [6.45, 7) is 0.380. The second kappa shape index (κ2) is 7.66. The van der Waals surface area contributed by atoms with Crippen molar-refractivity contribution >= 4 is 12.0 Å². The van der Waals surface area contributed by atoms with Crippen LogP contribution < -0.4 is 15.2 Å². The summed E-state index contributed by atoms with van der Waals surface area (Å²) in [7, 11) is 1.55. The van der Waals surface area contributed by atoms with Crippen molar-refractivity contribution in [2.75, 3.05) is 7.11 Å². The third-order valence-electron chi connectivity index (χ3n) is 3.12. The fourth-order valence-electron chi connectivity index (χ4n) is 1.96. The number of carbonyl (C=O) groups is 1. The highest BCUT2D eigenvalue weighted by molar-refractivity contribution is 6.00. The second-order valence-corrected chi connectivity index (χ2v) is 4.72. The van der Waals surface area contributed by atoms with E-state index in [4.69, 9.17) is 20.5 Å². The first-order valence-electron chi connectivity index (χ1n) is 6.90. The third kappa shape index (κ3) is 4.35. The molecule has 116 valence electrons. The lowest BCUT2D eigenvalue weighted by Gasteiger charge is -2.11. The number of rotatable bonds is 6. The minimum Gasteiger partial charge on any atom is -0.493 e. The third-order valence-corrected chi connectivity index (χ3v) is 3.12. The first kappa shape index (κ1) is 16.1. The van der Waals surface area contributed by atoms with E-state index in [0.717, 1.165) is 5.56 Å². The largest absolute Gasteiger partial charge is 0.493 e. The van der Waals surface area contributed by atoms with Crippen LogP contribution in [0.4, 0.5) is 0 Å². The molecule has 2 rings (SSSR count). The lowest BCUT2D eigenvalue weighted by molar-refractivity contribution is -0.114. The molecule has 0 saturated carbocycles. The van der Waals surface area contributed by atoms with Crippen molar-refractivity contribution in [2.24, 2.45) is 5.73 Å². The van der Waals surface area contributed by atoms with Gasteiger partial charge in [0.2, 0.25) is 0 Å². The van der Waals surface area contributed by atoms with Crippen molar-refractivity contribution in [1.82, 2.24) is 0 Å². The quantitative estimate of drug-likeness (QED) is 0.656. The van der Waals surface area contributed by atoms with Crippen LogP contribution in [0.5, 0.6) is 11.5 Å². The Morgan fingerprint density at radius 2 is 1.96 bits per heavy atom. The molecule has 5 heteroatoms. The van der Waals surface area contributed by atoms with Gasteiger partial charge in [-0.1, -0.05) is 36.4 Å². The molecule has 2 N–H and O–H groups in total. The highest BCUT2D eigenvalue weighted by atomic mass is 16.5. The molecule has 0 saturated heterocycles. The SMILES string of the molecule is COc1ccc(/C=C(/C#N)C(N)=O)cc1OCc1ccccc1. The van der Waals surface area contributed by atoms with E-state index in [1.807, 2.05) is 30.3 Å². The Hall–Kier alpha value is -3.26. The molecule has 2 aromatic rings. The van der Waals surface area contributed by atoms with Crippen molar-refractivity contribution in [3.05, 3.63) is 65.2 Å². The van der Waals surface area contributed by atoms with Crippen LogP contribution in [-0.4, -0.2) is 13.0 Å². The minimum absolute atomic E-state index is 0.121. The summed E-state index contributed by atoms with van der Waals surface area (Å²) in [6, 6.07) is 16.6. The Labute approximate surface area is 134 Å². The second-order valence-electron chi connectivity index (χ2n) is 4.72. The van der Waals surface area contributed by atoms with Crippen LogP contribution in [0.15, 0.2) is 54.1 Å². The van der Waals surface area contributed by atoms with E-state index in [-0.39, 0.29) is 5.57 Å². The summed E-state index contributed by atoms with van der Waals surface area (Å²) in [6.07, 6.45) is 1.41. The molecule has 2 aromatic carbocycles. The summed E-state index contributed by atoms with van der Waals surface area (Å²) in [5.41, 5.74) is 6.66.